The van der Waals surface area contributed by atoms with E-state index in [4.69, 9.17) is 18.9 Å². The van der Waals surface area contributed by atoms with Crippen LogP contribution >= 0.6 is 0 Å². The van der Waals surface area contributed by atoms with Gasteiger partial charge in [0.25, 0.3) is 0 Å². The molecule has 0 aliphatic carbocycles. The van der Waals surface area contributed by atoms with Gasteiger partial charge in [0, 0.05) is 11.6 Å². The summed E-state index contributed by atoms with van der Waals surface area (Å²) < 4.78 is 21.7. The summed E-state index contributed by atoms with van der Waals surface area (Å²) >= 11 is 0. The Hall–Kier alpha value is -3.28. The van der Waals surface area contributed by atoms with Crippen molar-refractivity contribution in [3.05, 3.63) is 58.7 Å². The van der Waals surface area contributed by atoms with Crippen LogP contribution in [0.5, 0.6) is 17.2 Å². The summed E-state index contributed by atoms with van der Waals surface area (Å²) in [6.07, 6.45) is 1.97. The predicted molar refractivity (Wildman–Crippen MR) is 109 cm³/mol. The summed E-state index contributed by atoms with van der Waals surface area (Å²) in [4.78, 5) is 24.7. The number of hydrogen-bond donors (Lipinski definition) is 0. The molecule has 0 aromatic heterocycles. The average molecular weight is 396 g/mol. The Morgan fingerprint density at radius 2 is 1.83 bits per heavy atom. The smallest absolute Gasteiger partial charge is 0.331 e. The third-order valence-electron chi connectivity index (χ3n) is 4.72. The molecule has 0 amide bonds. The molecule has 0 bridgehead atoms. The number of fused-ring (bicyclic) bond motifs is 1. The molecule has 0 saturated carbocycles. The zero-order valence-electron chi connectivity index (χ0n) is 17.0. The summed E-state index contributed by atoms with van der Waals surface area (Å²) in [5, 5.41) is 0. The Kier molecular flexibility index (Phi) is 6.22. The maximum atomic E-state index is 12.5. The van der Waals surface area contributed by atoms with Crippen LogP contribution < -0.4 is 14.2 Å². The molecular formula is C23H24O6. The van der Waals surface area contributed by atoms with Crippen molar-refractivity contribution in [2.24, 2.45) is 0 Å². The number of ether oxygens (including phenoxy) is 4. The summed E-state index contributed by atoms with van der Waals surface area (Å²) in [6.45, 7) is 6.38. The number of carbonyl (C=O) groups excluding carboxylic acids is 2. The fraction of sp³-hybridized carbons (Fsp3) is 0.304. The molecule has 0 radical (unpaired) electrons. The predicted octanol–water partition coefficient (Wildman–Crippen LogP) is 3.91. The Labute approximate surface area is 170 Å². The maximum absolute atomic E-state index is 12.5. The third kappa shape index (κ3) is 4.77. The van der Waals surface area contributed by atoms with Crippen molar-refractivity contribution in [2.45, 2.75) is 26.9 Å². The number of carbonyl (C=O) groups is 2. The highest BCUT2D eigenvalue weighted by Gasteiger charge is 2.20. The first-order valence-corrected chi connectivity index (χ1v) is 9.37. The van der Waals surface area contributed by atoms with E-state index in [1.807, 2.05) is 19.9 Å². The van der Waals surface area contributed by atoms with Crippen LogP contribution in [-0.4, -0.2) is 38.2 Å². The van der Waals surface area contributed by atoms with E-state index in [-0.39, 0.29) is 5.78 Å². The SMILES string of the molecule is COc1cc(/C=C/C(=O)O[C@@H](C)C(=O)c2ccc(C)c(C)c2)cc2c1OCCO2. The highest BCUT2D eigenvalue weighted by molar-refractivity contribution is 6.01. The van der Waals surface area contributed by atoms with Gasteiger partial charge in [0.1, 0.15) is 13.2 Å². The van der Waals surface area contributed by atoms with Crippen molar-refractivity contribution < 1.29 is 28.5 Å². The van der Waals surface area contributed by atoms with Crippen LogP contribution in [0.25, 0.3) is 6.08 Å². The van der Waals surface area contributed by atoms with Gasteiger partial charge in [-0.05, 0) is 61.7 Å². The Balaban J connectivity index is 1.67. The highest BCUT2D eigenvalue weighted by atomic mass is 16.6. The number of methoxy groups -OCH3 is 1. The fourth-order valence-corrected chi connectivity index (χ4v) is 2.95. The van der Waals surface area contributed by atoms with Crippen molar-refractivity contribution in [1.82, 2.24) is 0 Å². The van der Waals surface area contributed by atoms with E-state index < -0.39 is 12.1 Å². The normalized spacial score (nSPS) is 13.8. The molecular weight excluding hydrogens is 372 g/mol. The standard InChI is InChI=1S/C23H24O6/c1-14-5-7-18(11-15(14)2)22(25)16(3)29-21(24)8-6-17-12-19(26-4)23-20(13-17)27-9-10-28-23/h5-8,11-13,16H,9-10H2,1-4H3/b8-6+/t16-/m0/s1. The number of benzene rings is 2. The first kappa shape index (κ1) is 20.5. The summed E-state index contributed by atoms with van der Waals surface area (Å²) in [5.41, 5.74) is 3.33. The molecule has 0 spiro atoms. The van der Waals surface area contributed by atoms with Gasteiger partial charge in [-0.25, -0.2) is 4.79 Å². The van der Waals surface area contributed by atoms with Crippen LogP contribution in [-0.2, 0) is 9.53 Å². The molecule has 2 aromatic rings. The molecule has 6 nitrogen and oxygen atoms in total. The lowest BCUT2D eigenvalue weighted by molar-refractivity contribution is -0.140. The second kappa shape index (κ2) is 8.82. The van der Waals surface area contributed by atoms with Crippen molar-refractivity contribution >= 4 is 17.8 Å². The molecule has 0 unspecified atom stereocenters. The zero-order valence-corrected chi connectivity index (χ0v) is 17.0. The Morgan fingerprint density at radius 3 is 2.55 bits per heavy atom. The second-order valence-corrected chi connectivity index (χ2v) is 6.82. The van der Waals surface area contributed by atoms with Crippen molar-refractivity contribution in [3.8, 4) is 17.2 Å². The molecule has 6 heteroatoms. The molecule has 3 rings (SSSR count). The number of ketones is 1. The molecule has 2 aromatic carbocycles. The molecule has 1 aliphatic rings. The molecule has 0 saturated heterocycles. The molecule has 1 heterocycles. The van der Waals surface area contributed by atoms with Crippen LogP contribution in [0.4, 0.5) is 0 Å². The largest absolute Gasteiger partial charge is 0.493 e. The van der Waals surface area contributed by atoms with Crippen LogP contribution in [0.3, 0.4) is 0 Å². The van der Waals surface area contributed by atoms with Crippen molar-refractivity contribution in [1.29, 1.82) is 0 Å². The summed E-state index contributed by atoms with van der Waals surface area (Å²) in [6, 6.07) is 8.92. The molecule has 0 fully saturated rings. The topological polar surface area (TPSA) is 71.1 Å². The summed E-state index contributed by atoms with van der Waals surface area (Å²) in [7, 11) is 1.54. The lowest BCUT2D eigenvalue weighted by atomic mass is 10.0. The minimum absolute atomic E-state index is 0.240. The van der Waals surface area contributed by atoms with Crippen LogP contribution in [0.2, 0.25) is 0 Å². The van der Waals surface area contributed by atoms with Crippen LogP contribution in [0, 0.1) is 13.8 Å². The fourth-order valence-electron chi connectivity index (χ4n) is 2.95. The van der Waals surface area contributed by atoms with Crippen molar-refractivity contribution in [2.75, 3.05) is 20.3 Å². The van der Waals surface area contributed by atoms with Gasteiger partial charge in [-0.1, -0.05) is 12.1 Å². The number of aryl methyl sites for hydroxylation is 2. The maximum Gasteiger partial charge on any atom is 0.331 e. The Bertz CT molecular complexity index is 943. The quantitative estimate of drug-likeness (QED) is 0.419. The van der Waals surface area contributed by atoms with Crippen LogP contribution in [0.15, 0.2) is 36.4 Å². The number of hydrogen-bond acceptors (Lipinski definition) is 6. The van der Waals surface area contributed by atoms with E-state index in [1.165, 1.54) is 13.2 Å². The third-order valence-corrected chi connectivity index (χ3v) is 4.72. The molecule has 0 N–H and O–H groups in total. The van der Waals surface area contributed by atoms with Gasteiger partial charge in [0.2, 0.25) is 11.5 Å². The van der Waals surface area contributed by atoms with Crippen molar-refractivity contribution in [3.63, 3.8) is 0 Å². The zero-order chi connectivity index (χ0) is 21.0. The number of rotatable bonds is 6. The Morgan fingerprint density at radius 1 is 1.07 bits per heavy atom. The first-order chi connectivity index (χ1) is 13.9. The van der Waals surface area contributed by atoms with Gasteiger partial charge in [-0.15, -0.1) is 0 Å². The molecule has 1 atom stereocenters. The van der Waals surface area contributed by atoms with Gasteiger partial charge < -0.3 is 18.9 Å². The lowest BCUT2D eigenvalue weighted by Gasteiger charge is -2.20. The van der Waals surface area contributed by atoms with E-state index in [0.717, 1.165) is 11.1 Å². The molecule has 29 heavy (non-hydrogen) atoms. The van der Waals surface area contributed by atoms with Gasteiger partial charge in [0.05, 0.1) is 7.11 Å². The van der Waals surface area contributed by atoms with Gasteiger partial charge in [0.15, 0.2) is 17.6 Å². The van der Waals surface area contributed by atoms with Crippen LogP contribution in [0.1, 0.15) is 34.0 Å². The van der Waals surface area contributed by atoms with E-state index in [2.05, 4.69) is 0 Å². The van der Waals surface area contributed by atoms with Gasteiger partial charge in [-0.3, -0.25) is 4.79 Å². The molecule has 1 aliphatic heterocycles. The van der Waals surface area contributed by atoms with Gasteiger partial charge in [-0.2, -0.15) is 0 Å². The minimum atomic E-state index is -0.885. The minimum Gasteiger partial charge on any atom is -0.493 e. The van der Waals surface area contributed by atoms with E-state index in [9.17, 15) is 9.59 Å². The summed E-state index contributed by atoms with van der Waals surface area (Å²) in [5.74, 6) is 0.779. The second-order valence-electron chi connectivity index (χ2n) is 6.82. The monoisotopic (exact) mass is 396 g/mol. The van der Waals surface area contributed by atoms with E-state index in [1.54, 1.807) is 37.3 Å². The first-order valence-electron chi connectivity index (χ1n) is 9.37. The van der Waals surface area contributed by atoms with Gasteiger partial charge >= 0.3 is 5.97 Å². The number of esters is 1. The molecule has 152 valence electrons. The highest BCUT2D eigenvalue weighted by Crippen LogP contribution is 2.40. The van der Waals surface area contributed by atoms with E-state index >= 15 is 0 Å². The number of Topliss-reactive ketones (excluding diaryl/α,β-unsaturated/α-hetero) is 1. The van der Waals surface area contributed by atoms with E-state index in [0.29, 0.717) is 41.6 Å². The lowest BCUT2D eigenvalue weighted by Crippen LogP contribution is -2.23. The average Bonchev–Trinajstić information content (AvgIpc) is 2.73.